The molecule has 0 bridgehead atoms. The van der Waals surface area contributed by atoms with Crippen molar-refractivity contribution in [1.29, 1.82) is 0 Å². The van der Waals surface area contributed by atoms with E-state index >= 15 is 0 Å². The fraction of sp³-hybridized carbons (Fsp3) is 0.333. The predicted octanol–water partition coefficient (Wildman–Crippen LogP) is 3.19. The molecule has 0 radical (unpaired) electrons. The van der Waals surface area contributed by atoms with Gasteiger partial charge in [0.25, 0.3) is 0 Å². The summed E-state index contributed by atoms with van der Waals surface area (Å²) in [5, 5.41) is 11.8. The van der Waals surface area contributed by atoms with Crippen molar-refractivity contribution in [3.63, 3.8) is 0 Å². The van der Waals surface area contributed by atoms with E-state index in [9.17, 15) is 5.11 Å². The monoisotopic (exact) mass is 221 g/mol. The molecule has 15 heavy (non-hydrogen) atoms. The number of hydrogen-bond acceptors (Lipinski definition) is 1. The van der Waals surface area contributed by atoms with Gasteiger partial charge in [-0.05, 0) is 43.0 Å². The third-order valence-electron chi connectivity index (χ3n) is 3.14. The average molecular weight is 222 g/mol. The van der Waals surface area contributed by atoms with Crippen LogP contribution in [0.25, 0.3) is 10.9 Å². The van der Waals surface area contributed by atoms with Crippen LogP contribution in [0.4, 0.5) is 0 Å². The van der Waals surface area contributed by atoms with Crippen LogP contribution in [0.3, 0.4) is 0 Å². The van der Waals surface area contributed by atoms with E-state index in [2.05, 4.69) is 4.98 Å². The van der Waals surface area contributed by atoms with Crippen LogP contribution in [0.1, 0.15) is 30.2 Å². The van der Waals surface area contributed by atoms with Crippen molar-refractivity contribution in [2.75, 3.05) is 0 Å². The maximum absolute atomic E-state index is 9.87. The predicted molar refractivity (Wildman–Crippen MR) is 61.2 cm³/mol. The van der Waals surface area contributed by atoms with Crippen LogP contribution in [0.2, 0.25) is 5.02 Å². The number of aryl methyl sites for hydroxylation is 1. The molecule has 3 rings (SSSR count). The molecule has 0 unspecified atom stereocenters. The van der Waals surface area contributed by atoms with Crippen molar-refractivity contribution in [2.24, 2.45) is 0 Å². The van der Waals surface area contributed by atoms with Gasteiger partial charge >= 0.3 is 0 Å². The molecule has 0 amide bonds. The number of fused-ring (bicyclic) bond motifs is 3. The number of H-pyrrole nitrogens is 1. The molecular weight excluding hydrogens is 210 g/mol. The molecular formula is C12H12ClNO. The van der Waals surface area contributed by atoms with E-state index in [-0.39, 0.29) is 6.10 Å². The summed E-state index contributed by atoms with van der Waals surface area (Å²) < 4.78 is 0. The van der Waals surface area contributed by atoms with Crippen LogP contribution in [0, 0.1) is 0 Å². The third-order valence-corrected chi connectivity index (χ3v) is 3.37. The lowest BCUT2D eigenvalue weighted by Crippen LogP contribution is -2.07. The molecule has 2 N–H and O–H groups in total. The molecule has 1 aliphatic carbocycles. The molecule has 1 aliphatic rings. The quantitative estimate of drug-likeness (QED) is 0.704. The standard InChI is InChI=1S/C12H12ClNO/c13-7-4-5-10-9(6-7)8-2-1-3-11(15)12(8)14-10/h4-6,11,14-15H,1-3H2/t11-/m0/s1. The Labute approximate surface area is 92.9 Å². The van der Waals surface area contributed by atoms with Gasteiger partial charge in [-0.1, -0.05) is 11.6 Å². The van der Waals surface area contributed by atoms with E-state index in [0.29, 0.717) is 0 Å². The summed E-state index contributed by atoms with van der Waals surface area (Å²) in [6.07, 6.45) is 2.61. The van der Waals surface area contributed by atoms with Crippen molar-refractivity contribution in [1.82, 2.24) is 4.98 Å². The first kappa shape index (κ1) is 9.25. The zero-order valence-corrected chi connectivity index (χ0v) is 9.01. The van der Waals surface area contributed by atoms with Crippen LogP contribution in [-0.4, -0.2) is 10.1 Å². The molecule has 1 heterocycles. The number of aromatic amines is 1. The third kappa shape index (κ3) is 1.36. The summed E-state index contributed by atoms with van der Waals surface area (Å²) in [5.41, 5.74) is 3.30. The summed E-state index contributed by atoms with van der Waals surface area (Å²) in [5.74, 6) is 0. The normalized spacial score (nSPS) is 20.5. The second kappa shape index (κ2) is 3.26. The van der Waals surface area contributed by atoms with Gasteiger partial charge in [-0.25, -0.2) is 0 Å². The summed E-state index contributed by atoms with van der Waals surface area (Å²) >= 11 is 5.98. The van der Waals surface area contributed by atoms with E-state index < -0.39 is 0 Å². The fourth-order valence-corrected chi connectivity index (χ4v) is 2.58. The Kier molecular flexibility index (Phi) is 2.01. The highest BCUT2D eigenvalue weighted by Gasteiger charge is 2.22. The first-order valence-corrected chi connectivity index (χ1v) is 5.61. The van der Waals surface area contributed by atoms with Crippen molar-refractivity contribution >= 4 is 22.5 Å². The summed E-state index contributed by atoms with van der Waals surface area (Å²) in [7, 11) is 0. The minimum absolute atomic E-state index is 0.333. The molecule has 1 aromatic heterocycles. The van der Waals surface area contributed by atoms with E-state index in [4.69, 9.17) is 11.6 Å². The Hall–Kier alpha value is -0.990. The Bertz CT molecular complexity index is 518. The molecule has 1 atom stereocenters. The first-order valence-electron chi connectivity index (χ1n) is 5.24. The second-order valence-corrected chi connectivity index (χ2v) is 4.55. The van der Waals surface area contributed by atoms with Gasteiger partial charge in [-0.15, -0.1) is 0 Å². The van der Waals surface area contributed by atoms with E-state index in [0.717, 1.165) is 40.9 Å². The Morgan fingerprint density at radius 3 is 3.13 bits per heavy atom. The number of aliphatic hydroxyl groups is 1. The number of aromatic nitrogens is 1. The highest BCUT2D eigenvalue weighted by Crippen LogP contribution is 2.35. The molecule has 2 aromatic rings. The zero-order valence-electron chi connectivity index (χ0n) is 8.26. The van der Waals surface area contributed by atoms with Crippen molar-refractivity contribution in [3.8, 4) is 0 Å². The van der Waals surface area contributed by atoms with E-state index in [1.54, 1.807) is 0 Å². The topological polar surface area (TPSA) is 36.0 Å². The molecule has 0 fully saturated rings. The summed E-state index contributed by atoms with van der Waals surface area (Å²) in [6.45, 7) is 0. The largest absolute Gasteiger partial charge is 0.387 e. The number of halogens is 1. The van der Waals surface area contributed by atoms with Crippen LogP contribution in [0.5, 0.6) is 0 Å². The van der Waals surface area contributed by atoms with Gasteiger partial charge in [0.05, 0.1) is 6.10 Å². The maximum Gasteiger partial charge on any atom is 0.0941 e. The number of nitrogens with one attached hydrogen (secondary N) is 1. The van der Waals surface area contributed by atoms with Gasteiger partial charge in [0.1, 0.15) is 0 Å². The summed E-state index contributed by atoms with van der Waals surface area (Å²) in [6, 6.07) is 5.82. The minimum atomic E-state index is -0.333. The molecule has 78 valence electrons. The van der Waals surface area contributed by atoms with Gasteiger partial charge in [0, 0.05) is 21.6 Å². The lowest BCUT2D eigenvalue weighted by Gasteiger charge is -2.17. The molecule has 0 spiro atoms. The van der Waals surface area contributed by atoms with Gasteiger partial charge in [0.15, 0.2) is 0 Å². The molecule has 1 aromatic carbocycles. The number of benzene rings is 1. The molecule has 0 aliphatic heterocycles. The smallest absolute Gasteiger partial charge is 0.0941 e. The lowest BCUT2D eigenvalue weighted by atomic mass is 9.94. The van der Waals surface area contributed by atoms with Crippen molar-refractivity contribution in [3.05, 3.63) is 34.5 Å². The molecule has 0 saturated carbocycles. The van der Waals surface area contributed by atoms with Crippen molar-refractivity contribution < 1.29 is 5.11 Å². The maximum atomic E-state index is 9.87. The highest BCUT2D eigenvalue weighted by atomic mass is 35.5. The Morgan fingerprint density at radius 2 is 2.27 bits per heavy atom. The molecule has 0 saturated heterocycles. The highest BCUT2D eigenvalue weighted by molar-refractivity contribution is 6.31. The molecule has 2 nitrogen and oxygen atoms in total. The van der Waals surface area contributed by atoms with Crippen molar-refractivity contribution in [2.45, 2.75) is 25.4 Å². The summed E-state index contributed by atoms with van der Waals surface area (Å²) in [4.78, 5) is 3.28. The van der Waals surface area contributed by atoms with Gasteiger partial charge in [0.2, 0.25) is 0 Å². The average Bonchev–Trinajstić information content (AvgIpc) is 2.58. The van der Waals surface area contributed by atoms with E-state index in [1.165, 1.54) is 5.56 Å². The van der Waals surface area contributed by atoms with Crippen LogP contribution in [-0.2, 0) is 6.42 Å². The van der Waals surface area contributed by atoms with E-state index in [1.807, 2.05) is 18.2 Å². The number of rotatable bonds is 0. The first-order chi connectivity index (χ1) is 7.25. The van der Waals surface area contributed by atoms with Crippen LogP contribution in [0.15, 0.2) is 18.2 Å². The minimum Gasteiger partial charge on any atom is -0.387 e. The zero-order chi connectivity index (χ0) is 10.4. The number of aliphatic hydroxyl groups excluding tert-OH is 1. The Morgan fingerprint density at radius 1 is 1.40 bits per heavy atom. The SMILES string of the molecule is O[C@H]1CCCc2c1[nH]c1ccc(Cl)cc21. The van der Waals surface area contributed by atoms with Crippen LogP contribution < -0.4 is 0 Å². The van der Waals surface area contributed by atoms with Gasteiger partial charge in [-0.2, -0.15) is 0 Å². The second-order valence-electron chi connectivity index (χ2n) is 4.12. The fourth-order valence-electron chi connectivity index (χ4n) is 2.41. The van der Waals surface area contributed by atoms with Crippen LogP contribution >= 0.6 is 11.6 Å². The molecule has 3 heteroatoms. The van der Waals surface area contributed by atoms with Gasteiger partial charge in [-0.3, -0.25) is 0 Å². The number of hydrogen-bond donors (Lipinski definition) is 2. The van der Waals surface area contributed by atoms with Gasteiger partial charge < -0.3 is 10.1 Å². The Balaban J connectivity index is 2.31. The lowest BCUT2D eigenvalue weighted by molar-refractivity contribution is 0.153.